The summed E-state index contributed by atoms with van der Waals surface area (Å²) in [6.45, 7) is 11.9. The molecule has 0 spiro atoms. The third-order valence-corrected chi connectivity index (χ3v) is 11.0. The maximum absolute atomic E-state index is 13.3. The molecule has 4 rings (SSSR count). The van der Waals surface area contributed by atoms with E-state index in [0.717, 1.165) is 37.5 Å². The van der Waals surface area contributed by atoms with Crippen LogP contribution in [0.1, 0.15) is 98.8 Å². The normalized spacial score (nSPS) is 32.8. The van der Waals surface area contributed by atoms with E-state index in [4.69, 9.17) is 0 Å². The van der Waals surface area contributed by atoms with Crippen LogP contribution in [0.15, 0.2) is 45.8 Å². The maximum Gasteiger partial charge on any atom is 0.161 e. The highest BCUT2D eigenvalue weighted by Crippen LogP contribution is 2.64. The molecule has 218 valence electrons. The highest BCUT2D eigenvalue weighted by Gasteiger charge is 2.58. The number of carbonyl (C=O) groups is 1. The number of benzene rings is 1. The quantitative estimate of drug-likeness (QED) is 0.160. The van der Waals surface area contributed by atoms with Gasteiger partial charge in [-0.25, -0.2) is 0 Å². The number of fused-ring (bicyclic) bond motifs is 1. The second-order valence-corrected chi connectivity index (χ2v) is 13.7. The highest BCUT2D eigenvalue weighted by atomic mass is 16.3. The summed E-state index contributed by atoms with van der Waals surface area (Å²) in [7, 11) is 0. The van der Waals surface area contributed by atoms with Crippen LogP contribution in [-0.2, 0) is 4.79 Å². The zero-order valence-corrected chi connectivity index (χ0v) is 25.1. The van der Waals surface area contributed by atoms with Crippen molar-refractivity contribution in [3.8, 4) is 0 Å². The van der Waals surface area contributed by atoms with Gasteiger partial charge in [0.05, 0.1) is 5.69 Å². The summed E-state index contributed by atoms with van der Waals surface area (Å²) >= 11 is 0. The van der Waals surface area contributed by atoms with Gasteiger partial charge in [0.2, 0.25) is 0 Å². The Balaban J connectivity index is 1.55. The Labute approximate surface area is 240 Å². The molecular formula is C33H48N4O3. The Morgan fingerprint density at radius 1 is 1.02 bits per heavy atom. The van der Waals surface area contributed by atoms with E-state index < -0.39 is 0 Å². The standard InChI is InChI=1S/C33H48N4O3/c1-22(2)9-8-10-23(3)26-13-14-27-25(17-20-34-35-29-15-12-24(36-39)21-30(29)37-40)28(16-19-32(26,27)4)33(5)18-7-6-11-31(33)38/h6,11-12,15,20-23,25-28,35H,7-10,13-14,16-19H2,1-5H3/b34-20+/t23-,25?,26-,27?,28?,32-,33-/m1/s1. The molecule has 7 nitrogen and oxygen atoms in total. The van der Waals surface area contributed by atoms with E-state index in [2.05, 4.69) is 55.5 Å². The molecule has 3 unspecified atom stereocenters. The van der Waals surface area contributed by atoms with Crippen LogP contribution < -0.4 is 5.43 Å². The van der Waals surface area contributed by atoms with Crippen LogP contribution in [0.3, 0.4) is 0 Å². The van der Waals surface area contributed by atoms with Crippen LogP contribution in [0, 0.1) is 56.2 Å². The molecular weight excluding hydrogens is 500 g/mol. The molecule has 0 bridgehead atoms. The summed E-state index contributed by atoms with van der Waals surface area (Å²) in [5.74, 6) is 3.76. The lowest BCUT2D eigenvalue weighted by Crippen LogP contribution is -2.50. The van der Waals surface area contributed by atoms with Gasteiger partial charge in [-0.2, -0.15) is 5.10 Å². The van der Waals surface area contributed by atoms with Crippen LogP contribution in [-0.4, -0.2) is 12.0 Å². The van der Waals surface area contributed by atoms with Crippen molar-refractivity contribution in [2.24, 2.45) is 61.8 Å². The van der Waals surface area contributed by atoms with E-state index in [9.17, 15) is 14.6 Å². The number of nitrogens with one attached hydrogen (secondary N) is 1. The minimum atomic E-state index is -0.324. The fourth-order valence-corrected chi connectivity index (χ4v) is 8.72. The van der Waals surface area contributed by atoms with Crippen molar-refractivity contribution in [3.05, 3.63) is 40.2 Å². The predicted molar refractivity (Wildman–Crippen MR) is 164 cm³/mol. The Hall–Kier alpha value is -2.70. The maximum atomic E-state index is 13.3. The van der Waals surface area contributed by atoms with Crippen molar-refractivity contribution in [1.82, 2.24) is 0 Å². The number of nitrogens with zero attached hydrogens (tertiary/aromatic N) is 3. The number of rotatable bonds is 12. The van der Waals surface area contributed by atoms with E-state index >= 15 is 0 Å². The molecule has 2 saturated carbocycles. The Kier molecular flexibility index (Phi) is 9.73. The zero-order chi connectivity index (χ0) is 28.9. The molecule has 7 atom stereocenters. The van der Waals surface area contributed by atoms with Crippen molar-refractivity contribution >= 4 is 29.1 Å². The molecule has 0 aromatic heterocycles. The molecule has 40 heavy (non-hydrogen) atoms. The molecule has 0 heterocycles. The third-order valence-electron chi connectivity index (χ3n) is 11.0. The van der Waals surface area contributed by atoms with Gasteiger partial charge in [0.1, 0.15) is 11.4 Å². The van der Waals surface area contributed by atoms with Gasteiger partial charge in [0.25, 0.3) is 0 Å². The van der Waals surface area contributed by atoms with Crippen LogP contribution in [0.4, 0.5) is 17.1 Å². The van der Waals surface area contributed by atoms with Gasteiger partial charge in [0, 0.05) is 11.6 Å². The van der Waals surface area contributed by atoms with Gasteiger partial charge in [-0.05, 0) is 120 Å². The van der Waals surface area contributed by atoms with Gasteiger partial charge in [0.15, 0.2) is 5.78 Å². The van der Waals surface area contributed by atoms with Gasteiger partial charge in [-0.15, -0.1) is 9.81 Å². The molecule has 0 aliphatic heterocycles. The predicted octanol–water partition coefficient (Wildman–Crippen LogP) is 9.72. The molecule has 0 radical (unpaired) electrons. The van der Waals surface area contributed by atoms with Crippen LogP contribution in [0.5, 0.6) is 0 Å². The number of hydrogen-bond donors (Lipinski definition) is 1. The lowest BCUT2D eigenvalue weighted by atomic mass is 9.50. The SMILES string of the molecule is CC(C)CCC[C@@H](C)[C@H]1CCC2C(C/C=N/Nc3ccc(N=O)cc3N=O)C([C@@]3(C)CCC=CC3=O)CC[C@@]21C. The van der Waals surface area contributed by atoms with E-state index in [1.807, 2.05) is 18.4 Å². The molecule has 0 saturated heterocycles. The topological polar surface area (TPSA) is 100 Å². The number of hydrogen-bond acceptors (Lipinski definition) is 7. The molecule has 2 fully saturated rings. The molecule has 3 aliphatic rings. The number of allylic oxidation sites excluding steroid dienone is 2. The summed E-state index contributed by atoms with van der Waals surface area (Å²) in [4.78, 5) is 35.4. The monoisotopic (exact) mass is 548 g/mol. The van der Waals surface area contributed by atoms with E-state index in [0.29, 0.717) is 29.4 Å². The first-order valence-electron chi connectivity index (χ1n) is 15.4. The molecule has 1 N–H and O–H groups in total. The van der Waals surface area contributed by atoms with E-state index in [1.54, 1.807) is 6.07 Å². The summed E-state index contributed by atoms with van der Waals surface area (Å²) in [6, 6.07) is 4.48. The Morgan fingerprint density at radius 2 is 1.82 bits per heavy atom. The first-order valence-corrected chi connectivity index (χ1v) is 15.4. The van der Waals surface area contributed by atoms with Crippen molar-refractivity contribution in [2.75, 3.05) is 5.43 Å². The molecule has 3 aliphatic carbocycles. The van der Waals surface area contributed by atoms with Crippen LogP contribution in [0.2, 0.25) is 0 Å². The van der Waals surface area contributed by atoms with Crippen LogP contribution >= 0.6 is 0 Å². The lowest BCUT2D eigenvalue weighted by molar-refractivity contribution is -0.133. The largest absolute Gasteiger partial charge is 0.294 e. The van der Waals surface area contributed by atoms with Gasteiger partial charge in [-0.3, -0.25) is 10.2 Å². The minimum absolute atomic E-state index is 0.106. The minimum Gasteiger partial charge on any atom is -0.294 e. The molecule has 1 aromatic rings. The molecule has 7 heteroatoms. The van der Waals surface area contributed by atoms with Gasteiger partial charge < -0.3 is 0 Å². The van der Waals surface area contributed by atoms with Crippen molar-refractivity contribution in [2.45, 2.75) is 98.8 Å². The lowest BCUT2D eigenvalue weighted by Gasteiger charge is -2.54. The second kappa shape index (κ2) is 12.9. The third kappa shape index (κ3) is 6.13. The number of carbonyl (C=O) groups excluding carboxylic acids is 1. The zero-order valence-electron chi connectivity index (χ0n) is 25.1. The first kappa shape index (κ1) is 30.3. The summed E-state index contributed by atoms with van der Waals surface area (Å²) in [5.41, 5.74) is 3.62. The van der Waals surface area contributed by atoms with Gasteiger partial charge >= 0.3 is 0 Å². The molecule has 0 amide bonds. The first-order chi connectivity index (χ1) is 19.1. The molecule has 1 aromatic carbocycles. The number of nitroso groups, excluding NO2 is 2. The average Bonchev–Trinajstić information content (AvgIpc) is 3.29. The number of anilines is 1. The van der Waals surface area contributed by atoms with Crippen molar-refractivity contribution < 1.29 is 4.79 Å². The fraction of sp³-hybridized carbons (Fsp3) is 0.697. The van der Waals surface area contributed by atoms with E-state index in [1.165, 1.54) is 50.7 Å². The second-order valence-electron chi connectivity index (χ2n) is 13.7. The Bertz CT molecular complexity index is 1130. The highest BCUT2D eigenvalue weighted by molar-refractivity contribution is 5.95. The average molecular weight is 549 g/mol. The summed E-state index contributed by atoms with van der Waals surface area (Å²) in [5, 5.41) is 10.4. The smallest absolute Gasteiger partial charge is 0.161 e. The van der Waals surface area contributed by atoms with Crippen LogP contribution in [0.25, 0.3) is 0 Å². The summed E-state index contributed by atoms with van der Waals surface area (Å²) < 4.78 is 0. The number of hydrazone groups is 1. The van der Waals surface area contributed by atoms with Gasteiger partial charge in [-0.1, -0.05) is 60.0 Å². The van der Waals surface area contributed by atoms with Crippen molar-refractivity contribution in [1.29, 1.82) is 0 Å². The fourth-order valence-electron chi connectivity index (χ4n) is 8.72. The number of ketones is 1. The van der Waals surface area contributed by atoms with Crippen molar-refractivity contribution in [3.63, 3.8) is 0 Å². The summed E-state index contributed by atoms with van der Waals surface area (Å²) in [6.07, 6.45) is 17.1. The Morgan fingerprint density at radius 3 is 2.52 bits per heavy atom. The van der Waals surface area contributed by atoms with E-state index in [-0.39, 0.29) is 28.0 Å².